The molecule has 4 nitrogen and oxygen atoms in total. The number of H-pyrrole nitrogens is 1. The van der Waals surface area contributed by atoms with Gasteiger partial charge in [-0.25, -0.2) is 4.98 Å². The number of hydrogen-bond donors (Lipinski definition) is 2. The molecule has 0 aliphatic rings. The Kier molecular flexibility index (Phi) is 3.26. The van der Waals surface area contributed by atoms with Crippen LogP contribution in [0, 0.1) is 23.7 Å². The Balaban J connectivity index is 2.37. The van der Waals surface area contributed by atoms with Crippen LogP contribution in [-0.4, -0.2) is 16.5 Å². The third-order valence-electron chi connectivity index (χ3n) is 2.10. The van der Waals surface area contributed by atoms with Gasteiger partial charge in [-0.05, 0) is 20.8 Å². The van der Waals surface area contributed by atoms with Crippen LogP contribution in [0.5, 0.6) is 0 Å². The summed E-state index contributed by atoms with van der Waals surface area (Å²) in [6.45, 7) is 7.20. The Morgan fingerprint density at radius 1 is 1.64 bits per heavy atom. The zero-order chi connectivity index (χ0) is 10.6. The molecule has 0 radical (unpaired) electrons. The van der Waals surface area contributed by atoms with Crippen molar-refractivity contribution in [3.63, 3.8) is 0 Å². The molecule has 0 spiro atoms. The lowest BCUT2D eigenvalue weighted by Gasteiger charge is -2.15. The minimum atomic E-state index is -0.315. The third-order valence-corrected chi connectivity index (χ3v) is 2.10. The minimum absolute atomic E-state index is 0.315. The van der Waals surface area contributed by atoms with Crippen molar-refractivity contribution in [3.05, 3.63) is 17.7 Å². The zero-order valence-electron chi connectivity index (χ0n) is 8.89. The molecule has 0 atom stereocenters. The van der Waals surface area contributed by atoms with Crippen molar-refractivity contribution in [1.82, 2.24) is 15.3 Å². The topological polar surface area (TPSA) is 64.5 Å². The summed E-state index contributed by atoms with van der Waals surface area (Å²) in [5.41, 5.74) is 1.77. The molecule has 0 aliphatic heterocycles. The molecule has 4 heteroatoms. The summed E-state index contributed by atoms with van der Waals surface area (Å²) in [7, 11) is 0. The molecule has 0 aromatic carbocycles. The first-order valence-corrected chi connectivity index (χ1v) is 4.66. The van der Waals surface area contributed by atoms with E-state index in [0.717, 1.165) is 11.4 Å². The molecule has 1 aromatic heterocycles. The molecule has 2 N–H and O–H groups in total. The maximum Gasteiger partial charge on any atom is 0.0925 e. The van der Waals surface area contributed by atoms with Gasteiger partial charge in [-0.1, -0.05) is 0 Å². The Morgan fingerprint density at radius 3 is 2.86 bits per heavy atom. The molecular formula is C10H16N4. The van der Waals surface area contributed by atoms with Crippen molar-refractivity contribution in [3.8, 4) is 6.07 Å². The van der Waals surface area contributed by atoms with Gasteiger partial charge < -0.3 is 10.3 Å². The largest absolute Gasteiger partial charge is 0.348 e. The van der Waals surface area contributed by atoms with Crippen LogP contribution in [-0.2, 0) is 6.54 Å². The van der Waals surface area contributed by atoms with Crippen molar-refractivity contribution < 1.29 is 0 Å². The number of aromatic nitrogens is 2. The van der Waals surface area contributed by atoms with Crippen LogP contribution in [0.3, 0.4) is 0 Å². The summed E-state index contributed by atoms with van der Waals surface area (Å²) in [5, 5.41) is 12.0. The molecule has 76 valence electrons. The van der Waals surface area contributed by atoms with Crippen molar-refractivity contribution >= 4 is 0 Å². The van der Waals surface area contributed by atoms with E-state index in [-0.39, 0.29) is 5.41 Å². The predicted molar refractivity (Wildman–Crippen MR) is 54.4 cm³/mol. The lowest BCUT2D eigenvalue weighted by Crippen LogP contribution is -2.28. The molecule has 0 aliphatic carbocycles. The van der Waals surface area contributed by atoms with Crippen molar-refractivity contribution in [2.24, 2.45) is 5.41 Å². The van der Waals surface area contributed by atoms with Crippen molar-refractivity contribution in [2.75, 3.05) is 6.54 Å². The molecular weight excluding hydrogens is 176 g/mol. The van der Waals surface area contributed by atoms with Gasteiger partial charge in [0.05, 0.1) is 23.5 Å². The maximum atomic E-state index is 8.79. The number of nitriles is 1. The summed E-state index contributed by atoms with van der Waals surface area (Å²) in [4.78, 5) is 7.17. The van der Waals surface area contributed by atoms with E-state index in [1.807, 2.05) is 20.8 Å². The molecule has 1 aromatic rings. The monoisotopic (exact) mass is 192 g/mol. The van der Waals surface area contributed by atoms with Gasteiger partial charge in [0.15, 0.2) is 0 Å². The van der Waals surface area contributed by atoms with E-state index in [9.17, 15) is 0 Å². The zero-order valence-corrected chi connectivity index (χ0v) is 8.89. The first-order chi connectivity index (χ1) is 6.55. The Bertz CT molecular complexity index is 332. The molecule has 0 saturated carbocycles. The molecule has 1 heterocycles. The average Bonchev–Trinajstić information content (AvgIpc) is 2.52. The lowest BCUT2D eigenvalue weighted by atomic mass is 9.96. The quantitative estimate of drug-likeness (QED) is 0.757. The second-order valence-electron chi connectivity index (χ2n) is 4.07. The van der Waals surface area contributed by atoms with E-state index in [1.165, 1.54) is 0 Å². The second kappa shape index (κ2) is 4.25. The molecule has 14 heavy (non-hydrogen) atoms. The summed E-state index contributed by atoms with van der Waals surface area (Å²) in [6, 6.07) is 2.25. The summed E-state index contributed by atoms with van der Waals surface area (Å²) in [6.07, 6.45) is 1.68. The van der Waals surface area contributed by atoms with Crippen LogP contribution in [0.15, 0.2) is 6.33 Å². The average molecular weight is 192 g/mol. The van der Waals surface area contributed by atoms with E-state index < -0.39 is 0 Å². The number of imidazole rings is 1. The Hall–Kier alpha value is -1.34. The fraction of sp³-hybridized carbons (Fsp3) is 0.600. The van der Waals surface area contributed by atoms with Crippen LogP contribution < -0.4 is 5.32 Å². The highest BCUT2D eigenvalue weighted by atomic mass is 14.9. The van der Waals surface area contributed by atoms with Crippen LogP contribution in [0.4, 0.5) is 0 Å². The Morgan fingerprint density at radius 2 is 2.36 bits per heavy atom. The van der Waals surface area contributed by atoms with Crippen LogP contribution in [0.2, 0.25) is 0 Å². The number of aryl methyl sites for hydroxylation is 1. The second-order valence-corrected chi connectivity index (χ2v) is 4.07. The van der Waals surface area contributed by atoms with Gasteiger partial charge in [-0.3, -0.25) is 0 Å². The standard InChI is InChI=1S/C10H16N4/c1-8-9(14-7-13-8)4-12-6-10(2,3)5-11/h7,12H,4,6H2,1-3H3,(H,13,14). The molecule has 0 fully saturated rings. The van der Waals surface area contributed by atoms with E-state index in [1.54, 1.807) is 6.33 Å². The van der Waals surface area contributed by atoms with Gasteiger partial charge >= 0.3 is 0 Å². The minimum Gasteiger partial charge on any atom is -0.348 e. The molecule has 0 unspecified atom stereocenters. The molecule has 0 bridgehead atoms. The van der Waals surface area contributed by atoms with Crippen LogP contribution in [0.25, 0.3) is 0 Å². The van der Waals surface area contributed by atoms with Crippen LogP contribution >= 0.6 is 0 Å². The highest BCUT2D eigenvalue weighted by Crippen LogP contribution is 2.11. The van der Waals surface area contributed by atoms with Crippen molar-refractivity contribution in [1.29, 1.82) is 5.26 Å². The van der Waals surface area contributed by atoms with Gasteiger partial charge in [0, 0.05) is 18.8 Å². The molecule has 0 saturated heterocycles. The fourth-order valence-electron chi connectivity index (χ4n) is 1.10. The highest BCUT2D eigenvalue weighted by Gasteiger charge is 2.15. The lowest BCUT2D eigenvalue weighted by molar-refractivity contribution is 0.443. The smallest absolute Gasteiger partial charge is 0.0925 e. The normalized spacial score (nSPS) is 11.3. The number of aromatic amines is 1. The number of hydrogen-bond acceptors (Lipinski definition) is 3. The van der Waals surface area contributed by atoms with E-state index >= 15 is 0 Å². The van der Waals surface area contributed by atoms with E-state index in [0.29, 0.717) is 13.1 Å². The first-order valence-electron chi connectivity index (χ1n) is 4.66. The summed E-state index contributed by atoms with van der Waals surface area (Å²) >= 11 is 0. The fourth-order valence-corrected chi connectivity index (χ4v) is 1.10. The van der Waals surface area contributed by atoms with Gasteiger partial charge in [-0.15, -0.1) is 0 Å². The summed E-state index contributed by atoms with van der Waals surface area (Å²) < 4.78 is 0. The van der Waals surface area contributed by atoms with Crippen molar-refractivity contribution in [2.45, 2.75) is 27.3 Å². The van der Waals surface area contributed by atoms with Crippen LogP contribution in [0.1, 0.15) is 25.2 Å². The third kappa shape index (κ3) is 2.86. The first kappa shape index (κ1) is 10.7. The van der Waals surface area contributed by atoms with E-state index in [2.05, 4.69) is 21.4 Å². The maximum absolute atomic E-state index is 8.79. The van der Waals surface area contributed by atoms with Gasteiger partial charge in [0.25, 0.3) is 0 Å². The number of rotatable bonds is 4. The highest BCUT2D eigenvalue weighted by molar-refractivity contribution is 5.08. The Labute approximate surface area is 84.4 Å². The van der Waals surface area contributed by atoms with Gasteiger partial charge in [0.1, 0.15) is 0 Å². The van der Waals surface area contributed by atoms with Gasteiger partial charge in [0.2, 0.25) is 0 Å². The number of nitrogens with one attached hydrogen (secondary N) is 2. The van der Waals surface area contributed by atoms with Gasteiger partial charge in [-0.2, -0.15) is 5.26 Å². The molecule has 0 amide bonds. The van der Waals surface area contributed by atoms with E-state index in [4.69, 9.17) is 5.26 Å². The molecule has 1 rings (SSSR count). The summed E-state index contributed by atoms with van der Waals surface area (Å²) in [5.74, 6) is 0. The predicted octanol–water partition coefficient (Wildman–Crippen LogP) is 1.36. The number of nitrogens with zero attached hydrogens (tertiary/aromatic N) is 2. The SMILES string of the molecule is Cc1[nH]cnc1CNCC(C)(C)C#N.